The van der Waals surface area contributed by atoms with Crippen LogP contribution in [0.15, 0.2) is 48.8 Å². The standard InChI is InChI=1S/C11H15N/c1-3-11(2)7-6-10-12-8-4-5-9-12/h3-5,7-9H,1,6,10H2,2H3. The summed E-state index contributed by atoms with van der Waals surface area (Å²) in [4.78, 5) is 0. The second kappa shape index (κ2) is 4.60. The minimum atomic E-state index is 1.05. The second-order valence-corrected chi connectivity index (χ2v) is 2.86. The van der Waals surface area contributed by atoms with Gasteiger partial charge in [-0.25, -0.2) is 0 Å². The van der Waals surface area contributed by atoms with Gasteiger partial charge in [0.25, 0.3) is 0 Å². The highest BCUT2D eigenvalue weighted by Crippen LogP contribution is 1.99. The van der Waals surface area contributed by atoms with E-state index < -0.39 is 0 Å². The first-order valence-electron chi connectivity index (χ1n) is 4.23. The molecule has 12 heavy (non-hydrogen) atoms. The molecule has 1 aromatic rings. The molecule has 64 valence electrons. The van der Waals surface area contributed by atoms with Gasteiger partial charge in [0, 0.05) is 18.9 Å². The van der Waals surface area contributed by atoms with Gasteiger partial charge in [-0.2, -0.15) is 0 Å². The van der Waals surface area contributed by atoms with Gasteiger partial charge in [0.15, 0.2) is 0 Å². The third kappa shape index (κ3) is 2.79. The van der Waals surface area contributed by atoms with Crippen molar-refractivity contribution in [2.75, 3.05) is 0 Å². The summed E-state index contributed by atoms with van der Waals surface area (Å²) in [5.41, 5.74) is 1.25. The van der Waals surface area contributed by atoms with Crippen LogP contribution in [0.5, 0.6) is 0 Å². The van der Waals surface area contributed by atoms with Crippen molar-refractivity contribution < 1.29 is 0 Å². The first-order chi connectivity index (χ1) is 5.83. The number of aromatic nitrogens is 1. The molecular weight excluding hydrogens is 146 g/mol. The summed E-state index contributed by atoms with van der Waals surface area (Å²) < 4.78 is 2.17. The third-order valence-electron chi connectivity index (χ3n) is 1.84. The van der Waals surface area contributed by atoms with E-state index in [4.69, 9.17) is 0 Å². The van der Waals surface area contributed by atoms with Crippen molar-refractivity contribution in [1.29, 1.82) is 0 Å². The van der Waals surface area contributed by atoms with E-state index in [1.807, 2.05) is 18.2 Å². The summed E-state index contributed by atoms with van der Waals surface area (Å²) in [6, 6.07) is 4.09. The molecule has 0 atom stereocenters. The molecule has 0 aliphatic carbocycles. The molecule has 0 aliphatic rings. The summed E-state index contributed by atoms with van der Waals surface area (Å²) in [6.07, 6.45) is 9.32. The Morgan fingerprint density at radius 3 is 2.67 bits per heavy atom. The first-order valence-corrected chi connectivity index (χ1v) is 4.23. The van der Waals surface area contributed by atoms with Crippen LogP contribution in [0.4, 0.5) is 0 Å². The first kappa shape index (κ1) is 8.85. The molecule has 0 aromatic carbocycles. The van der Waals surface area contributed by atoms with E-state index in [9.17, 15) is 0 Å². The molecule has 0 amide bonds. The molecule has 0 N–H and O–H groups in total. The van der Waals surface area contributed by atoms with Crippen LogP contribution in [0.25, 0.3) is 0 Å². The Bertz CT molecular complexity index is 255. The van der Waals surface area contributed by atoms with Crippen LogP contribution in [-0.4, -0.2) is 4.57 Å². The summed E-state index contributed by atoms with van der Waals surface area (Å²) in [7, 11) is 0. The summed E-state index contributed by atoms with van der Waals surface area (Å²) in [5.74, 6) is 0. The SMILES string of the molecule is C=CC(C)=CCCn1cccc1. The Kier molecular flexibility index (Phi) is 3.39. The Labute approximate surface area is 74.0 Å². The van der Waals surface area contributed by atoms with Gasteiger partial charge in [0.2, 0.25) is 0 Å². The zero-order chi connectivity index (χ0) is 8.81. The topological polar surface area (TPSA) is 4.93 Å². The Balaban J connectivity index is 2.32. The molecule has 0 fully saturated rings. The monoisotopic (exact) mass is 161 g/mol. The lowest BCUT2D eigenvalue weighted by molar-refractivity contribution is 0.713. The molecule has 0 unspecified atom stereocenters. The lowest BCUT2D eigenvalue weighted by atomic mass is 10.2. The fraction of sp³-hybridized carbons (Fsp3) is 0.273. The van der Waals surface area contributed by atoms with Crippen LogP contribution in [-0.2, 0) is 6.54 Å². The molecule has 0 saturated heterocycles. The maximum Gasteiger partial charge on any atom is 0.0254 e. The molecule has 1 heteroatoms. The molecule has 0 saturated carbocycles. The highest BCUT2D eigenvalue weighted by Gasteiger charge is 1.86. The molecule has 1 heterocycles. The van der Waals surface area contributed by atoms with Gasteiger partial charge >= 0.3 is 0 Å². The van der Waals surface area contributed by atoms with E-state index in [-0.39, 0.29) is 0 Å². The molecule has 0 bridgehead atoms. The van der Waals surface area contributed by atoms with Gasteiger partial charge in [-0.05, 0) is 25.5 Å². The molecule has 0 aliphatic heterocycles. The highest BCUT2D eigenvalue weighted by atomic mass is 14.9. The predicted molar refractivity (Wildman–Crippen MR) is 53.0 cm³/mol. The fourth-order valence-electron chi connectivity index (χ4n) is 1.04. The minimum Gasteiger partial charge on any atom is -0.354 e. The average molecular weight is 161 g/mol. The maximum absolute atomic E-state index is 3.70. The fourth-order valence-corrected chi connectivity index (χ4v) is 1.04. The molecule has 1 rings (SSSR count). The van der Waals surface area contributed by atoms with Gasteiger partial charge in [-0.1, -0.05) is 24.3 Å². The van der Waals surface area contributed by atoms with Crippen LogP contribution in [0.3, 0.4) is 0 Å². The maximum atomic E-state index is 3.70. The molecule has 1 nitrogen and oxygen atoms in total. The van der Waals surface area contributed by atoms with Crippen LogP contribution in [0.1, 0.15) is 13.3 Å². The molecule has 1 aromatic heterocycles. The lowest BCUT2D eigenvalue weighted by Crippen LogP contribution is -1.91. The zero-order valence-electron chi connectivity index (χ0n) is 7.53. The van der Waals surface area contributed by atoms with Crippen molar-refractivity contribution in [3.8, 4) is 0 Å². The van der Waals surface area contributed by atoms with Crippen LogP contribution < -0.4 is 0 Å². The van der Waals surface area contributed by atoms with Gasteiger partial charge in [-0.3, -0.25) is 0 Å². The van der Waals surface area contributed by atoms with Crippen molar-refractivity contribution in [2.24, 2.45) is 0 Å². The average Bonchev–Trinajstić information content (AvgIpc) is 2.57. The highest BCUT2D eigenvalue weighted by molar-refractivity contribution is 5.12. The van der Waals surface area contributed by atoms with Crippen molar-refractivity contribution in [2.45, 2.75) is 19.9 Å². The van der Waals surface area contributed by atoms with E-state index in [0.29, 0.717) is 0 Å². The molecule has 0 radical (unpaired) electrons. The minimum absolute atomic E-state index is 1.05. The predicted octanol–water partition coefficient (Wildman–Crippen LogP) is 3.01. The molecule has 0 spiro atoms. The van der Waals surface area contributed by atoms with Crippen LogP contribution in [0.2, 0.25) is 0 Å². The van der Waals surface area contributed by atoms with E-state index >= 15 is 0 Å². The van der Waals surface area contributed by atoms with E-state index in [1.54, 1.807) is 0 Å². The largest absolute Gasteiger partial charge is 0.354 e. The number of aryl methyl sites for hydroxylation is 1. The quantitative estimate of drug-likeness (QED) is 0.598. The number of nitrogens with zero attached hydrogens (tertiary/aromatic N) is 1. The van der Waals surface area contributed by atoms with Crippen molar-refractivity contribution in [1.82, 2.24) is 4.57 Å². The normalized spacial score (nSPS) is 11.6. The Morgan fingerprint density at radius 1 is 1.42 bits per heavy atom. The third-order valence-corrected chi connectivity index (χ3v) is 1.84. The van der Waals surface area contributed by atoms with E-state index in [1.165, 1.54) is 5.57 Å². The van der Waals surface area contributed by atoms with Gasteiger partial charge < -0.3 is 4.57 Å². The number of rotatable bonds is 4. The van der Waals surface area contributed by atoms with Crippen LogP contribution in [0, 0.1) is 0 Å². The van der Waals surface area contributed by atoms with E-state index in [2.05, 4.69) is 36.5 Å². The molecular formula is C11H15N. The lowest BCUT2D eigenvalue weighted by Gasteiger charge is -1.98. The second-order valence-electron chi connectivity index (χ2n) is 2.86. The van der Waals surface area contributed by atoms with Gasteiger partial charge in [0.1, 0.15) is 0 Å². The zero-order valence-corrected chi connectivity index (χ0v) is 7.53. The van der Waals surface area contributed by atoms with Crippen molar-refractivity contribution in [3.05, 3.63) is 48.8 Å². The summed E-state index contributed by atoms with van der Waals surface area (Å²) in [6.45, 7) is 6.83. The summed E-state index contributed by atoms with van der Waals surface area (Å²) in [5, 5.41) is 0. The number of allylic oxidation sites excluding steroid dienone is 3. The van der Waals surface area contributed by atoms with Gasteiger partial charge in [-0.15, -0.1) is 0 Å². The van der Waals surface area contributed by atoms with Gasteiger partial charge in [0.05, 0.1) is 0 Å². The Morgan fingerprint density at radius 2 is 2.08 bits per heavy atom. The number of hydrogen-bond donors (Lipinski definition) is 0. The van der Waals surface area contributed by atoms with Crippen molar-refractivity contribution in [3.63, 3.8) is 0 Å². The smallest absolute Gasteiger partial charge is 0.0254 e. The van der Waals surface area contributed by atoms with Crippen LogP contribution >= 0.6 is 0 Å². The summed E-state index contributed by atoms with van der Waals surface area (Å²) >= 11 is 0. The van der Waals surface area contributed by atoms with E-state index in [0.717, 1.165) is 13.0 Å². The van der Waals surface area contributed by atoms with Crippen molar-refractivity contribution >= 4 is 0 Å². The number of hydrogen-bond acceptors (Lipinski definition) is 0. The Hall–Kier alpha value is -1.24.